The first kappa shape index (κ1) is 13.3. The Bertz CT molecular complexity index is 644. The average molecular weight is 334 g/mol. The quantitative estimate of drug-likeness (QED) is 0.907. The third-order valence-electron chi connectivity index (χ3n) is 3.51. The van der Waals surface area contributed by atoms with Gasteiger partial charge < -0.3 is 5.32 Å². The second-order valence-electron chi connectivity index (χ2n) is 4.96. The van der Waals surface area contributed by atoms with E-state index in [4.69, 9.17) is 0 Å². The van der Waals surface area contributed by atoms with E-state index in [0.29, 0.717) is 10.4 Å². The van der Waals surface area contributed by atoms with Crippen molar-refractivity contribution in [2.24, 2.45) is 0 Å². The molecule has 1 fully saturated rings. The molecule has 2 aromatic carbocycles. The van der Waals surface area contributed by atoms with E-state index in [0.717, 1.165) is 6.42 Å². The summed E-state index contributed by atoms with van der Waals surface area (Å²) in [4.78, 5) is 12.0. The molecule has 1 saturated carbocycles. The number of carbonyl (C=O) groups is 1. The second-order valence-corrected chi connectivity index (χ2v) is 5.87. The van der Waals surface area contributed by atoms with Gasteiger partial charge in [0.05, 0.1) is 5.56 Å². The summed E-state index contributed by atoms with van der Waals surface area (Å²) in [5, 5.41) is 2.88. The van der Waals surface area contributed by atoms with Gasteiger partial charge in [-0.05, 0) is 30.2 Å². The van der Waals surface area contributed by atoms with Crippen molar-refractivity contribution in [3.8, 4) is 0 Å². The van der Waals surface area contributed by atoms with Crippen LogP contribution in [0.3, 0.4) is 0 Å². The van der Waals surface area contributed by atoms with E-state index in [1.807, 2.05) is 18.2 Å². The Balaban J connectivity index is 1.66. The van der Waals surface area contributed by atoms with Crippen LogP contribution in [-0.4, -0.2) is 11.9 Å². The maximum atomic E-state index is 13.7. The molecule has 0 aliphatic heterocycles. The highest BCUT2D eigenvalue weighted by molar-refractivity contribution is 9.10. The van der Waals surface area contributed by atoms with Crippen molar-refractivity contribution in [3.05, 3.63) is 69.9 Å². The summed E-state index contributed by atoms with van der Waals surface area (Å²) in [6.07, 6.45) is 0.911. The molecule has 1 aliphatic carbocycles. The van der Waals surface area contributed by atoms with Crippen molar-refractivity contribution in [1.82, 2.24) is 5.32 Å². The Morgan fingerprint density at radius 2 is 1.95 bits per heavy atom. The summed E-state index contributed by atoms with van der Waals surface area (Å²) >= 11 is 3.18. The number of carbonyl (C=O) groups excluding carboxylic acids is 1. The predicted octanol–water partition coefficient (Wildman–Crippen LogP) is 3.87. The lowest BCUT2D eigenvalue weighted by Gasteiger charge is -2.06. The van der Waals surface area contributed by atoms with E-state index in [2.05, 4.69) is 33.4 Å². The Morgan fingerprint density at radius 1 is 1.20 bits per heavy atom. The normalized spacial score (nSPS) is 20.5. The minimum absolute atomic E-state index is 0.0897. The van der Waals surface area contributed by atoms with Crippen LogP contribution in [0.25, 0.3) is 0 Å². The number of hydrogen-bond acceptors (Lipinski definition) is 1. The van der Waals surface area contributed by atoms with Crippen molar-refractivity contribution in [3.63, 3.8) is 0 Å². The van der Waals surface area contributed by atoms with Gasteiger partial charge in [0, 0.05) is 16.4 Å². The summed E-state index contributed by atoms with van der Waals surface area (Å²) in [6, 6.07) is 14.6. The summed E-state index contributed by atoms with van der Waals surface area (Å²) in [6.45, 7) is 0. The first-order chi connectivity index (χ1) is 9.65. The van der Waals surface area contributed by atoms with Gasteiger partial charge in [-0.1, -0.05) is 46.3 Å². The third-order valence-corrected chi connectivity index (χ3v) is 4.00. The van der Waals surface area contributed by atoms with Crippen LogP contribution < -0.4 is 5.32 Å². The zero-order valence-electron chi connectivity index (χ0n) is 10.6. The molecule has 2 unspecified atom stereocenters. The van der Waals surface area contributed by atoms with E-state index in [-0.39, 0.29) is 17.5 Å². The van der Waals surface area contributed by atoms with Gasteiger partial charge in [0.2, 0.25) is 0 Å². The molecule has 0 saturated heterocycles. The third kappa shape index (κ3) is 2.75. The van der Waals surface area contributed by atoms with Gasteiger partial charge in [0.1, 0.15) is 5.82 Å². The van der Waals surface area contributed by atoms with Crippen LogP contribution in [0, 0.1) is 5.82 Å². The summed E-state index contributed by atoms with van der Waals surface area (Å²) < 4.78 is 14.3. The molecule has 3 rings (SSSR count). The van der Waals surface area contributed by atoms with Crippen molar-refractivity contribution in [2.75, 3.05) is 0 Å². The molecule has 20 heavy (non-hydrogen) atoms. The van der Waals surface area contributed by atoms with Crippen molar-refractivity contribution >= 4 is 21.8 Å². The van der Waals surface area contributed by atoms with Crippen molar-refractivity contribution in [1.29, 1.82) is 0 Å². The first-order valence-corrected chi connectivity index (χ1v) is 7.25. The second kappa shape index (κ2) is 5.37. The molecular weight excluding hydrogens is 321 g/mol. The minimum atomic E-state index is -0.506. The molecular formula is C16H13BrFNO. The number of hydrogen-bond donors (Lipinski definition) is 1. The van der Waals surface area contributed by atoms with Gasteiger partial charge in [-0.3, -0.25) is 4.79 Å². The van der Waals surface area contributed by atoms with Gasteiger partial charge >= 0.3 is 0 Å². The molecule has 102 valence electrons. The van der Waals surface area contributed by atoms with Gasteiger partial charge in [-0.25, -0.2) is 4.39 Å². The van der Waals surface area contributed by atoms with E-state index in [1.54, 1.807) is 6.07 Å². The zero-order valence-corrected chi connectivity index (χ0v) is 12.2. The Hall–Kier alpha value is -1.68. The number of rotatable bonds is 3. The predicted molar refractivity (Wildman–Crippen MR) is 79.2 cm³/mol. The lowest BCUT2D eigenvalue weighted by atomic mass is 10.1. The highest BCUT2D eigenvalue weighted by Gasteiger charge is 2.39. The number of amides is 1. The maximum Gasteiger partial charge on any atom is 0.254 e. The molecule has 0 spiro atoms. The molecule has 1 amide bonds. The fourth-order valence-electron chi connectivity index (χ4n) is 2.34. The summed E-state index contributed by atoms with van der Waals surface area (Å²) in [5.41, 5.74) is 1.31. The van der Waals surface area contributed by atoms with Crippen molar-refractivity contribution < 1.29 is 9.18 Å². The van der Waals surface area contributed by atoms with E-state index >= 15 is 0 Å². The largest absolute Gasteiger partial charge is 0.349 e. The Morgan fingerprint density at radius 3 is 2.65 bits per heavy atom. The van der Waals surface area contributed by atoms with Crippen LogP contribution in [0.5, 0.6) is 0 Å². The van der Waals surface area contributed by atoms with Crippen LogP contribution in [0.2, 0.25) is 0 Å². The Labute approximate surface area is 125 Å². The van der Waals surface area contributed by atoms with Gasteiger partial charge in [-0.2, -0.15) is 0 Å². The summed E-state index contributed by atoms with van der Waals surface area (Å²) in [7, 11) is 0. The Kier molecular flexibility index (Phi) is 3.57. The SMILES string of the molecule is O=C(NC1CC1c1ccccc1)c1ccc(Br)cc1F. The van der Waals surface area contributed by atoms with Crippen LogP contribution in [-0.2, 0) is 0 Å². The number of benzene rings is 2. The van der Waals surface area contributed by atoms with Crippen LogP contribution in [0.4, 0.5) is 4.39 Å². The molecule has 4 heteroatoms. The highest BCUT2D eigenvalue weighted by Crippen LogP contribution is 2.40. The van der Waals surface area contributed by atoms with Crippen LogP contribution in [0.15, 0.2) is 53.0 Å². The number of halogens is 2. The lowest BCUT2D eigenvalue weighted by molar-refractivity contribution is 0.0946. The molecule has 2 nitrogen and oxygen atoms in total. The van der Waals surface area contributed by atoms with Crippen LogP contribution >= 0.6 is 15.9 Å². The number of nitrogens with one attached hydrogen (secondary N) is 1. The molecule has 0 bridgehead atoms. The monoisotopic (exact) mass is 333 g/mol. The summed E-state index contributed by atoms with van der Waals surface area (Å²) in [5.74, 6) is -0.508. The first-order valence-electron chi connectivity index (χ1n) is 6.46. The highest BCUT2D eigenvalue weighted by atomic mass is 79.9. The van der Waals surface area contributed by atoms with Gasteiger partial charge in [0.25, 0.3) is 5.91 Å². The van der Waals surface area contributed by atoms with Crippen molar-refractivity contribution in [2.45, 2.75) is 18.4 Å². The molecule has 1 N–H and O–H groups in total. The fourth-order valence-corrected chi connectivity index (χ4v) is 2.68. The zero-order chi connectivity index (χ0) is 14.1. The molecule has 2 atom stereocenters. The standard InChI is InChI=1S/C16H13BrFNO/c17-11-6-7-12(14(18)8-11)16(20)19-15-9-13(15)10-4-2-1-3-5-10/h1-8,13,15H,9H2,(H,19,20). The fraction of sp³-hybridized carbons (Fsp3) is 0.188. The molecule has 0 heterocycles. The maximum absolute atomic E-state index is 13.7. The van der Waals surface area contributed by atoms with E-state index in [1.165, 1.54) is 17.7 Å². The molecule has 0 radical (unpaired) electrons. The van der Waals surface area contributed by atoms with Gasteiger partial charge in [-0.15, -0.1) is 0 Å². The smallest absolute Gasteiger partial charge is 0.254 e. The molecule has 0 aromatic heterocycles. The average Bonchev–Trinajstić information content (AvgIpc) is 3.18. The molecule has 1 aliphatic rings. The van der Waals surface area contributed by atoms with Crippen LogP contribution in [0.1, 0.15) is 28.3 Å². The van der Waals surface area contributed by atoms with E-state index < -0.39 is 5.82 Å². The topological polar surface area (TPSA) is 29.1 Å². The lowest BCUT2D eigenvalue weighted by Crippen LogP contribution is -2.27. The van der Waals surface area contributed by atoms with Gasteiger partial charge in [0.15, 0.2) is 0 Å². The van der Waals surface area contributed by atoms with E-state index in [9.17, 15) is 9.18 Å². The molecule has 2 aromatic rings. The minimum Gasteiger partial charge on any atom is -0.349 e.